The summed E-state index contributed by atoms with van der Waals surface area (Å²) in [5, 5.41) is 3.61. The third kappa shape index (κ3) is 5.04. The van der Waals surface area contributed by atoms with Gasteiger partial charge in [0, 0.05) is 32.9 Å². The van der Waals surface area contributed by atoms with Crippen molar-refractivity contribution in [2.24, 2.45) is 0 Å². The molecule has 8 rings (SSSR count). The molecule has 50 heavy (non-hydrogen) atoms. The van der Waals surface area contributed by atoms with Crippen molar-refractivity contribution in [1.82, 2.24) is 9.13 Å². The molecule has 0 N–H and O–H groups in total. The summed E-state index contributed by atoms with van der Waals surface area (Å²) < 4.78 is 92.5. The molecule has 0 unspecified atom stereocenters. The van der Waals surface area contributed by atoms with Gasteiger partial charge in [-0.3, -0.25) is 0 Å². The van der Waals surface area contributed by atoms with Crippen molar-refractivity contribution in [2.45, 2.75) is 40.0 Å². The predicted octanol–water partition coefficient (Wildman–Crippen LogP) is 12.8. The molecule has 0 saturated heterocycles. The van der Waals surface area contributed by atoms with Crippen molar-refractivity contribution in [1.29, 1.82) is 0 Å². The van der Waals surface area contributed by atoms with E-state index in [9.17, 15) is 26.3 Å². The molecule has 0 bridgehead atoms. The summed E-state index contributed by atoms with van der Waals surface area (Å²) in [6.45, 7) is 7.83. The van der Waals surface area contributed by atoms with Crippen LogP contribution in [0.3, 0.4) is 0 Å². The van der Waals surface area contributed by atoms with Crippen molar-refractivity contribution in [3.05, 3.63) is 143 Å². The Morgan fingerprint density at radius 2 is 0.640 bits per heavy atom. The van der Waals surface area contributed by atoms with Crippen LogP contribution in [0, 0.1) is 27.7 Å². The topological polar surface area (TPSA) is 9.86 Å². The molecular weight excluding hydrogens is 646 g/mol. The van der Waals surface area contributed by atoms with Crippen LogP contribution >= 0.6 is 0 Å². The van der Waals surface area contributed by atoms with Crippen LogP contribution in [0.25, 0.3) is 66.1 Å². The largest absolute Gasteiger partial charge is 0.417 e. The van der Waals surface area contributed by atoms with Crippen molar-refractivity contribution in [3.8, 4) is 22.5 Å². The number of aryl methyl sites for hydroxylation is 4. The molecule has 2 nitrogen and oxygen atoms in total. The molecule has 0 fully saturated rings. The average Bonchev–Trinajstić information content (AvgIpc) is 3.54. The Kier molecular flexibility index (Phi) is 6.99. The molecular formula is C42H30F6N2. The van der Waals surface area contributed by atoms with Gasteiger partial charge in [-0.1, -0.05) is 46.5 Å². The van der Waals surface area contributed by atoms with Gasteiger partial charge in [0.05, 0.1) is 33.2 Å². The lowest BCUT2D eigenvalue weighted by atomic mass is 9.93. The number of halogens is 6. The Bertz CT molecular complexity index is 2370. The highest BCUT2D eigenvalue weighted by Crippen LogP contribution is 2.46. The van der Waals surface area contributed by atoms with Gasteiger partial charge in [0.2, 0.25) is 0 Å². The number of nitrogens with zero attached hydrogens (tertiary/aromatic N) is 2. The first-order valence-electron chi connectivity index (χ1n) is 16.2. The maximum Gasteiger partial charge on any atom is 0.417 e. The van der Waals surface area contributed by atoms with Gasteiger partial charge in [0.15, 0.2) is 0 Å². The normalized spacial score (nSPS) is 12.6. The van der Waals surface area contributed by atoms with E-state index in [1.54, 1.807) is 0 Å². The zero-order valence-electron chi connectivity index (χ0n) is 27.6. The monoisotopic (exact) mass is 676 g/mol. The first-order valence-corrected chi connectivity index (χ1v) is 16.2. The van der Waals surface area contributed by atoms with Crippen LogP contribution in [-0.2, 0) is 12.4 Å². The van der Waals surface area contributed by atoms with E-state index in [4.69, 9.17) is 0 Å². The van der Waals surface area contributed by atoms with E-state index in [-0.39, 0.29) is 0 Å². The zero-order valence-corrected chi connectivity index (χ0v) is 27.6. The Morgan fingerprint density at radius 1 is 0.360 bits per heavy atom. The van der Waals surface area contributed by atoms with Gasteiger partial charge in [0.1, 0.15) is 0 Å². The second-order valence-corrected chi connectivity index (χ2v) is 13.2. The summed E-state index contributed by atoms with van der Waals surface area (Å²) in [5.41, 5.74) is 4.23. The predicted molar refractivity (Wildman–Crippen MR) is 190 cm³/mol. The Balaban J connectivity index is 1.45. The fraction of sp³-hybridized carbons (Fsp3) is 0.143. The van der Waals surface area contributed by atoms with Gasteiger partial charge < -0.3 is 9.13 Å². The minimum atomic E-state index is -4.93. The lowest BCUT2D eigenvalue weighted by Gasteiger charge is -2.21. The molecule has 8 aromatic rings. The van der Waals surface area contributed by atoms with Crippen LogP contribution in [0.4, 0.5) is 26.3 Å². The van der Waals surface area contributed by atoms with Gasteiger partial charge in [0.25, 0.3) is 0 Å². The SMILES string of the molecule is Cc1ccc2c(c1)c1cc(C)ccc1n2-c1ccc(C(F)(F)F)c(-c2cc(-n3c4ccc(C)cc4c4cc(C)ccc43)ccc2C(F)(F)F)c1. The zero-order chi connectivity index (χ0) is 35.3. The maximum atomic E-state index is 14.8. The van der Waals surface area contributed by atoms with E-state index >= 15 is 0 Å². The first kappa shape index (κ1) is 31.7. The highest BCUT2D eigenvalue weighted by Gasteiger charge is 2.39. The summed E-state index contributed by atoms with van der Waals surface area (Å²) in [6, 6.07) is 30.2. The number of hydrogen-bond donors (Lipinski definition) is 0. The standard InChI is InChI=1S/C42H30F6N2/c1-23-5-13-37-31(17-23)32-18-24(2)6-14-38(32)49(37)27-9-11-35(41(43,44)45)29(21-27)30-22-28(10-12-36(30)42(46,47)48)50-39-15-7-25(3)19-33(39)34-20-26(4)8-16-40(34)50/h5-22H,1-4H3. The van der Waals surface area contributed by atoms with Crippen molar-refractivity contribution >= 4 is 43.6 Å². The molecule has 6 aromatic carbocycles. The molecule has 0 saturated carbocycles. The minimum absolute atomic E-state index is 0.321. The number of rotatable bonds is 3. The summed E-state index contributed by atoms with van der Waals surface area (Å²) in [6.07, 6.45) is -9.85. The Labute approximate surface area is 283 Å². The van der Waals surface area contributed by atoms with Gasteiger partial charge in [-0.2, -0.15) is 26.3 Å². The molecule has 8 heteroatoms. The van der Waals surface area contributed by atoms with Crippen LogP contribution in [-0.4, -0.2) is 9.13 Å². The van der Waals surface area contributed by atoms with Crippen LogP contribution in [0.15, 0.2) is 109 Å². The van der Waals surface area contributed by atoms with Gasteiger partial charge in [-0.15, -0.1) is 0 Å². The van der Waals surface area contributed by atoms with Crippen LogP contribution in [0.2, 0.25) is 0 Å². The highest BCUT2D eigenvalue weighted by atomic mass is 19.4. The molecule has 0 spiro atoms. The van der Waals surface area contributed by atoms with E-state index in [2.05, 4.69) is 0 Å². The van der Waals surface area contributed by atoms with Gasteiger partial charge in [-0.25, -0.2) is 0 Å². The highest BCUT2D eigenvalue weighted by molar-refractivity contribution is 6.11. The summed E-state index contributed by atoms with van der Waals surface area (Å²) >= 11 is 0. The lowest BCUT2D eigenvalue weighted by Crippen LogP contribution is -2.12. The molecule has 2 heterocycles. The third-order valence-electron chi connectivity index (χ3n) is 9.58. The van der Waals surface area contributed by atoms with E-state index < -0.39 is 34.6 Å². The number of aromatic nitrogens is 2. The van der Waals surface area contributed by atoms with Crippen molar-refractivity contribution in [2.75, 3.05) is 0 Å². The minimum Gasteiger partial charge on any atom is -0.309 e. The first-order chi connectivity index (χ1) is 23.7. The third-order valence-corrected chi connectivity index (χ3v) is 9.58. The van der Waals surface area contributed by atoms with E-state index in [1.165, 1.54) is 24.3 Å². The summed E-state index contributed by atoms with van der Waals surface area (Å²) in [4.78, 5) is 0. The summed E-state index contributed by atoms with van der Waals surface area (Å²) in [7, 11) is 0. The molecule has 2 aromatic heterocycles. The number of fused-ring (bicyclic) bond motifs is 6. The number of alkyl halides is 6. The van der Waals surface area contributed by atoms with Crippen LogP contribution in [0.5, 0.6) is 0 Å². The summed E-state index contributed by atoms with van der Waals surface area (Å²) in [5.74, 6) is 0. The quantitative estimate of drug-likeness (QED) is 0.165. The van der Waals surface area contributed by atoms with E-state index in [1.807, 2.05) is 110 Å². The second kappa shape index (κ2) is 11.0. The van der Waals surface area contributed by atoms with Crippen LogP contribution in [0.1, 0.15) is 33.4 Å². The maximum absolute atomic E-state index is 14.8. The molecule has 0 atom stereocenters. The van der Waals surface area contributed by atoms with Crippen LogP contribution < -0.4 is 0 Å². The second-order valence-electron chi connectivity index (χ2n) is 13.2. The van der Waals surface area contributed by atoms with Crippen molar-refractivity contribution < 1.29 is 26.3 Å². The van der Waals surface area contributed by atoms with Gasteiger partial charge in [-0.05, 0) is 124 Å². The average molecular weight is 677 g/mol. The van der Waals surface area contributed by atoms with Crippen molar-refractivity contribution in [3.63, 3.8) is 0 Å². The fourth-order valence-electron chi connectivity index (χ4n) is 7.34. The Morgan fingerprint density at radius 3 is 0.900 bits per heavy atom. The van der Waals surface area contributed by atoms with Gasteiger partial charge >= 0.3 is 12.4 Å². The van der Waals surface area contributed by atoms with E-state index in [0.29, 0.717) is 11.4 Å². The number of hydrogen-bond acceptors (Lipinski definition) is 0. The molecule has 0 aliphatic heterocycles. The fourth-order valence-corrected chi connectivity index (χ4v) is 7.34. The molecule has 0 amide bonds. The molecule has 0 aliphatic carbocycles. The molecule has 0 radical (unpaired) electrons. The smallest absolute Gasteiger partial charge is 0.309 e. The van der Waals surface area contributed by atoms with E-state index in [0.717, 1.165) is 78.0 Å². The molecule has 0 aliphatic rings. The molecule has 250 valence electrons. The number of benzene rings is 6. The Hall–Kier alpha value is -5.50. The lowest BCUT2D eigenvalue weighted by molar-refractivity contribution is -0.139.